The molecule has 0 aliphatic carbocycles. The maximum atomic E-state index is 14.6. The number of alkyl halides is 6. The maximum absolute atomic E-state index is 14.6. The fourth-order valence-corrected chi connectivity index (χ4v) is 4.22. The zero-order valence-corrected chi connectivity index (χ0v) is 20.1. The molecule has 0 heterocycles. The molecule has 1 atom stereocenters. The van der Waals surface area contributed by atoms with E-state index in [-0.39, 0.29) is 24.3 Å². The predicted molar refractivity (Wildman–Crippen MR) is 126 cm³/mol. The van der Waals surface area contributed by atoms with Crippen LogP contribution < -0.4 is 5.32 Å². The van der Waals surface area contributed by atoms with Crippen molar-refractivity contribution in [2.24, 2.45) is 0 Å². The van der Waals surface area contributed by atoms with Gasteiger partial charge in [-0.3, -0.25) is 0 Å². The van der Waals surface area contributed by atoms with Crippen molar-refractivity contribution in [2.75, 3.05) is 0 Å². The Bertz CT molecular complexity index is 1260. The van der Waals surface area contributed by atoms with Crippen molar-refractivity contribution >= 4 is 0 Å². The molecule has 3 aromatic rings. The van der Waals surface area contributed by atoms with Gasteiger partial charge >= 0.3 is 18.0 Å². The van der Waals surface area contributed by atoms with Gasteiger partial charge in [0.05, 0.1) is 13.2 Å². The van der Waals surface area contributed by atoms with Gasteiger partial charge in [0.2, 0.25) is 0 Å². The molecule has 0 spiro atoms. The van der Waals surface area contributed by atoms with Crippen LogP contribution in [0, 0.1) is 13.8 Å². The first-order valence-corrected chi connectivity index (χ1v) is 11.3. The van der Waals surface area contributed by atoms with Crippen LogP contribution in [-0.2, 0) is 32.2 Å². The van der Waals surface area contributed by atoms with E-state index in [0.29, 0.717) is 41.4 Å². The van der Waals surface area contributed by atoms with Crippen molar-refractivity contribution in [2.45, 2.75) is 58.1 Å². The Labute approximate surface area is 210 Å². The van der Waals surface area contributed by atoms with E-state index >= 15 is 0 Å². The summed E-state index contributed by atoms with van der Waals surface area (Å²) in [5.74, 6) is -11.0. The number of aliphatic hydroxyl groups excluding tert-OH is 2. The molecule has 3 aromatic carbocycles. The fourth-order valence-electron chi connectivity index (χ4n) is 4.22. The third-order valence-electron chi connectivity index (χ3n) is 6.46. The highest BCUT2D eigenvalue weighted by atomic mass is 19.4. The lowest BCUT2D eigenvalue weighted by Gasteiger charge is -2.31. The molecule has 0 aliphatic heterocycles. The number of nitrogens with one attached hydrogen (secondary N) is 1. The van der Waals surface area contributed by atoms with Crippen LogP contribution in [0.5, 0.6) is 0 Å². The summed E-state index contributed by atoms with van der Waals surface area (Å²) in [6, 6.07) is 13.6. The number of hydrogen-bond acceptors (Lipinski definition) is 4. The number of benzene rings is 3. The van der Waals surface area contributed by atoms with Crippen molar-refractivity contribution < 1.29 is 41.7 Å². The summed E-state index contributed by atoms with van der Waals surface area (Å²) in [6.07, 6.45) is -6.20. The van der Waals surface area contributed by atoms with Crippen molar-refractivity contribution in [1.29, 1.82) is 0 Å². The topological polar surface area (TPSA) is 72.7 Å². The van der Waals surface area contributed by atoms with E-state index < -0.39 is 23.5 Å². The minimum absolute atomic E-state index is 0.182. The molecule has 0 amide bonds. The van der Waals surface area contributed by atoms with Gasteiger partial charge in [-0.05, 0) is 58.4 Å². The van der Waals surface area contributed by atoms with Gasteiger partial charge in [0.1, 0.15) is 0 Å². The molecule has 37 heavy (non-hydrogen) atoms. The number of aliphatic hydroxyl groups is 3. The Kier molecular flexibility index (Phi) is 8.38. The lowest BCUT2D eigenvalue weighted by molar-refractivity contribution is -0.390. The van der Waals surface area contributed by atoms with E-state index in [1.165, 1.54) is 6.07 Å². The van der Waals surface area contributed by atoms with Gasteiger partial charge in [-0.25, -0.2) is 0 Å². The van der Waals surface area contributed by atoms with Crippen LogP contribution in [0.25, 0.3) is 11.1 Å². The zero-order valence-electron chi connectivity index (χ0n) is 20.1. The van der Waals surface area contributed by atoms with Crippen molar-refractivity contribution in [1.82, 2.24) is 5.32 Å². The van der Waals surface area contributed by atoms with E-state index in [9.17, 15) is 36.6 Å². The van der Waals surface area contributed by atoms with Crippen molar-refractivity contribution in [3.63, 3.8) is 0 Å². The van der Waals surface area contributed by atoms with Crippen molar-refractivity contribution in [3.05, 3.63) is 93.5 Å². The molecule has 4 N–H and O–H groups in total. The third-order valence-corrected chi connectivity index (χ3v) is 6.46. The summed E-state index contributed by atoms with van der Waals surface area (Å²) in [7, 11) is 0. The fraction of sp³-hybridized carbons (Fsp3) is 0.333. The van der Waals surface area contributed by atoms with Gasteiger partial charge in [-0.2, -0.15) is 26.3 Å². The summed E-state index contributed by atoms with van der Waals surface area (Å²) in [5.41, 5.74) is 2.67. The van der Waals surface area contributed by atoms with Gasteiger partial charge < -0.3 is 20.6 Å². The maximum Gasteiger partial charge on any atom is 0.455 e. The molecule has 0 saturated heterocycles. The van der Waals surface area contributed by atoms with Crippen LogP contribution >= 0.6 is 0 Å². The normalized spacial score (nSPS) is 14.0. The lowest BCUT2D eigenvalue weighted by Crippen LogP contribution is -2.53. The van der Waals surface area contributed by atoms with Crippen molar-refractivity contribution in [3.8, 4) is 11.1 Å². The molecule has 0 aromatic heterocycles. The average Bonchev–Trinajstić information content (AvgIpc) is 2.84. The van der Waals surface area contributed by atoms with Crippen LogP contribution in [0.4, 0.5) is 26.3 Å². The van der Waals surface area contributed by atoms with Gasteiger partial charge in [0.15, 0.2) is 0 Å². The number of rotatable bonds is 9. The average molecular weight is 528 g/mol. The molecule has 1 unspecified atom stereocenters. The SMILES string of the molecule is Cc1c(CNCc2ccc(CO)c(CO)c2)cccc1-c1cccc(C(F)(F)C(O)(F)C(F)(F)F)c1C. The first kappa shape index (κ1) is 28.6. The van der Waals surface area contributed by atoms with E-state index in [2.05, 4.69) is 5.32 Å². The molecule has 0 bridgehead atoms. The second-order valence-corrected chi connectivity index (χ2v) is 8.78. The second kappa shape index (κ2) is 10.8. The Morgan fingerprint density at radius 3 is 1.89 bits per heavy atom. The first-order chi connectivity index (χ1) is 17.3. The lowest BCUT2D eigenvalue weighted by atomic mass is 9.88. The first-order valence-electron chi connectivity index (χ1n) is 11.3. The van der Waals surface area contributed by atoms with Crippen LogP contribution in [0.2, 0.25) is 0 Å². The highest BCUT2D eigenvalue weighted by Crippen LogP contribution is 2.50. The third kappa shape index (κ3) is 5.52. The Hall–Kier alpha value is -2.92. The number of halogens is 6. The van der Waals surface area contributed by atoms with Crippen LogP contribution in [0.1, 0.15) is 38.9 Å². The standard InChI is InChI=1S/C27H27F6NO3/c1-16-19(13-34-12-18-9-10-20(14-35)21(11-18)15-36)5-3-6-22(16)23-7-4-8-24(17(23)2)25(28,29)26(30,37)27(31,32)33/h3-11,34-37H,12-15H2,1-2H3. The zero-order chi connectivity index (χ0) is 27.6. The minimum atomic E-state index is -6.20. The van der Waals surface area contributed by atoms with E-state index in [0.717, 1.165) is 24.1 Å². The van der Waals surface area contributed by atoms with Gasteiger partial charge in [-0.15, -0.1) is 0 Å². The molecule has 0 saturated carbocycles. The van der Waals surface area contributed by atoms with Crippen LogP contribution in [0.15, 0.2) is 54.6 Å². The number of hydrogen-bond donors (Lipinski definition) is 4. The van der Waals surface area contributed by atoms with Gasteiger partial charge in [0, 0.05) is 18.7 Å². The quantitative estimate of drug-likeness (QED) is 0.275. The Morgan fingerprint density at radius 1 is 0.703 bits per heavy atom. The smallest absolute Gasteiger partial charge is 0.392 e. The van der Waals surface area contributed by atoms with E-state index in [1.807, 2.05) is 6.07 Å². The molecule has 10 heteroatoms. The predicted octanol–water partition coefficient (Wildman–Crippen LogP) is 5.56. The van der Waals surface area contributed by atoms with Gasteiger partial charge in [-0.1, -0.05) is 54.6 Å². The van der Waals surface area contributed by atoms with Crippen LogP contribution in [0.3, 0.4) is 0 Å². The summed E-state index contributed by atoms with van der Waals surface area (Å²) >= 11 is 0. The molecule has 0 fully saturated rings. The molecule has 0 aliphatic rings. The molecule has 0 radical (unpaired) electrons. The molecule has 3 rings (SSSR count). The molecule has 4 nitrogen and oxygen atoms in total. The summed E-state index contributed by atoms with van der Waals surface area (Å²) < 4.78 is 81.8. The monoisotopic (exact) mass is 527 g/mol. The summed E-state index contributed by atoms with van der Waals surface area (Å²) in [4.78, 5) is 0. The highest BCUT2D eigenvalue weighted by Gasteiger charge is 2.71. The van der Waals surface area contributed by atoms with E-state index in [4.69, 9.17) is 5.11 Å². The van der Waals surface area contributed by atoms with Gasteiger partial charge in [0.25, 0.3) is 0 Å². The highest BCUT2D eigenvalue weighted by molar-refractivity contribution is 5.73. The summed E-state index contributed by atoms with van der Waals surface area (Å²) in [6.45, 7) is 3.27. The Balaban J connectivity index is 1.88. The largest absolute Gasteiger partial charge is 0.455 e. The Morgan fingerprint density at radius 2 is 1.30 bits per heavy atom. The molecular weight excluding hydrogens is 500 g/mol. The molecule has 200 valence electrons. The minimum Gasteiger partial charge on any atom is -0.392 e. The van der Waals surface area contributed by atoms with E-state index in [1.54, 1.807) is 37.3 Å². The van der Waals surface area contributed by atoms with Crippen LogP contribution in [-0.4, -0.2) is 27.4 Å². The second-order valence-electron chi connectivity index (χ2n) is 8.78. The summed E-state index contributed by atoms with van der Waals surface area (Å²) in [5, 5.41) is 31.1. The molecular formula is C27H27F6NO3.